The van der Waals surface area contributed by atoms with Crippen molar-refractivity contribution in [1.82, 2.24) is 15.2 Å². The van der Waals surface area contributed by atoms with Gasteiger partial charge in [-0.3, -0.25) is 9.88 Å². The number of rotatable bonds is 7. The van der Waals surface area contributed by atoms with Crippen LogP contribution < -0.4 is 5.32 Å². The van der Waals surface area contributed by atoms with E-state index >= 15 is 0 Å². The van der Waals surface area contributed by atoms with Gasteiger partial charge in [0.15, 0.2) is 0 Å². The Hall–Kier alpha value is -1.78. The van der Waals surface area contributed by atoms with E-state index in [0.717, 1.165) is 25.2 Å². The molecule has 4 heteroatoms. The molecule has 1 aromatic carbocycles. The van der Waals surface area contributed by atoms with Crippen molar-refractivity contribution >= 4 is 0 Å². The Balaban J connectivity index is 1.77. The van der Waals surface area contributed by atoms with Crippen molar-refractivity contribution in [3.63, 3.8) is 0 Å². The topological polar surface area (TPSA) is 28.2 Å². The Labute approximate surface area is 125 Å². The Kier molecular flexibility index (Phi) is 5.84. The molecule has 1 atom stereocenters. The number of hydrogen-bond donors (Lipinski definition) is 1. The van der Waals surface area contributed by atoms with Crippen LogP contribution in [-0.4, -0.2) is 30.0 Å². The molecule has 0 saturated carbocycles. The fraction of sp³-hybridized carbons (Fsp3) is 0.353. The van der Waals surface area contributed by atoms with Crippen LogP contribution in [0.15, 0.2) is 48.8 Å². The maximum absolute atomic E-state index is 13.8. The van der Waals surface area contributed by atoms with E-state index in [-0.39, 0.29) is 11.9 Å². The molecule has 1 heterocycles. The molecule has 0 bridgehead atoms. The predicted molar refractivity (Wildman–Crippen MR) is 83.4 cm³/mol. The van der Waals surface area contributed by atoms with Gasteiger partial charge < -0.3 is 5.32 Å². The highest BCUT2D eigenvalue weighted by atomic mass is 19.1. The average Bonchev–Trinajstić information content (AvgIpc) is 2.52. The van der Waals surface area contributed by atoms with Crippen LogP contribution in [-0.2, 0) is 6.54 Å². The minimum absolute atomic E-state index is 0.0615. The molecule has 1 aromatic heterocycles. The van der Waals surface area contributed by atoms with Gasteiger partial charge >= 0.3 is 0 Å². The summed E-state index contributed by atoms with van der Waals surface area (Å²) in [6.07, 6.45) is 3.63. The first-order valence-corrected chi connectivity index (χ1v) is 7.23. The van der Waals surface area contributed by atoms with Crippen LogP contribution in [0, 0.1) is 5.82 Å². The first-order valence-electron chi connectivity index (χ1n) is 7.23. The molecule has 0 fully saturated rings. The number of hydrogen-bond acceptors (Lipinski definition) is 3. The van der Waals surface area contributed by atoms with Gasteiger partial charge in [0.05, 0.1) is 0 Å². The van der Waals surface area contributed by atoms with Gasteiger partial charge in [-0.05, 0) is 31.7 Å². The summed E-state index contributed by atoms with van der Waals surface area (Å²) in [4.78, 5) is 6.23. The molecule has 0 saturated heterocycles. The molecule has 3 nitrogen and oxygen atoms in total. The van der Waals surface area contributed by atoms with Gasteiger partial charge in [-0.15, -0.1) is 0 Å². The zero-order chi connectivity index (χ0) is 15.1. The highest BCUT2D eigenvalue weighted by Gasteiger charge is 2.14. The lowest BCUT2D eigenvalue weighted by Crippen LogP contribution is -2.31. The first-order chi connectivity index (χ1) is 10.2. The first kappa shape index (κ1) is 15.6. The molecule has 1 N–H and O–H groups in total. The van der Waals surface area contributed by atoms with E-state index in [1.165, 1.54) is 11.6 Å². The van der Waals surface area contributed by atoms with Crippen LogP contribution in [0.5, 0.6) is 0 Å². The number of halogens is 1. The molecule has 0 aliphatic rings. The second-order valence-electron chi connectivity index (χ2n) is 5.22. The van der Waals surface area contributed by atoms with Crippen LogP contribution in [0.4, 0.5) is 4.39 Å². The lowest BCUT2D eigenvalue weighted by Gasteiger charge is -2.25. The lowest BCUT2D eigenvalue weighted by atomic mass is 10.1. The fourth-order valence-corrected chi connectivity index (χ4v) is 2.24. The Morgan fingerprint density at radius 3 is 2.76 bits per heavy atom. The van der Waals surface area contributed by atoms with Crippen LogP contribution in [0.3, 0.4) is 0 Å². The van der Waals surface area contributed by atoms with Crippen molar-refractivity contribution in [3.8, 4) is 0 Å². The van der Waals surface area contributed by atoms with Gasteiger partial charge in [-0.2, -0.15) is 0 Å². The minimum atomic E-state index is -0.139. The lowest BCUT2D eigenvalue weighted by molar-refractivity contribution is 0.256. The number of aromatic nitrogens is 1. The molecule has 21 heavy (non-hydrogen) atoms. The third kappa shape index (κ3) is 4.62. The monoisotopic (exact) mass is 287 g/mol. The van der Waals surface area contributed by atoms with E-state index < -0.39 is 0 Å². The molecule has 0 aliphatic carbocycles. The number of benzene rings is 1. The second-order valence-corrected chi connectivity index (χ2v) is 5.22. The zero-order valence-corrected chi connectivity index (χ0v) is 12.6. The van der Waals surface area contributed by atoms with E-state index in [2.05, 4.69) is 15.2 Å². The quantitative estimate of drug-likeness (QED) is 0.794. The number of pyridine rings is 1. The molecule has 112 valence electrons. The van der Waals surface area contributed by atoms with Gasteiger partial charge in [-0.25, -0.2) is 4.39 Å². The molecular weight excluding hydrogens is 265 g/mol. The van der Waals surface area contributed by atoms with E-state index in [0.29, 0.717) is 0 Å². The fourth-order valence-electron chi connectivity index (χ4n) is 2.24. The molecule has 1 unspecified atom stereocenters. The zero-order valence-electron chi connectivity index (χ0n) is 12.6. The molecule has 0 aliphatic heterocycles. The molecule has 2 rings (SSSR count). The molecule has 0 amide bonds. The maximum Gasteiger partial charge on any atom is 0.127 e. The minimum Gasteiger partial charge on any atom is -0.311 e. The normalized spacial score (nSPS) is 12.6. The summed E-state index contributed by atoms with van der Waals surface area (Å²) < 4.78 is 13.8. The van der Waals surface area contributed by atoms with E-state index in [1.807, 2.05) is 44.4 Å². The van der Waals surface area contributed by atoms with Crippen molar-refractivity contribution in [2.24, 2.45) is 0 Å². The van der Waals surface area contributed by atoms with Crippen molar-refractivity contribution in [2.45, 2.75) is 19.5 Å². The smallest absolute Gasteiger partial charge is 0.127 e. The van der Waals surface area contributed by atoms with Crippen molar-refractivity contribution < 1.29 is 4.39 Å². The Bertz CT molecular complexity index is 545. The highest BCUT2D eigenvalue weighted by Crippen LogP contribution is 2.20. The molecule has 0 radical (unpaired) electrons. The molecular formula is C17H22FN3. The van der Waals surface area contributed by atoms with Crippen molar-refractivity contribution in [3.05, 3.63) is 65.7 Å². The van der Waals surface area contributed by atoms with Crippen LogP contribution in [0.2, 0.25) is 0 Å². The average molecular weight is 287 g/mol. The standard InChI is InChI=1S/C17H22FN3/c1-14(16-7-3-4-8-17(16)18)21(2)11-10-20-13-15-6-5-9-19-12-15/h3-9,12,14,20H,10-11,13H2,1-2H3. The van der Waals surface area contributed by atoms with Gasteiger partial charge in [0, 0.05) is 43.6 Å². The summed E-state index contributed by atoms with van der Waals surface area (Å²) in [6.45, 7) is 4.54. The van der Waals surface area contributed by atoms with Crippen LogP contribution >= 0.6 is 0 Å². The van der Waals surface area contributed by atoms with Crippen molar-refractivity contribution in [2.75, 3.05) is 20.1 Å². The second kappa shape index (κ2) is 7.86. The van der Waals surface area contributed by atoms with Crippen LogP contribution in [0.25, 0.3) is 0 Å². The third-order valence-electron chi connectivity index (χ3n) is 3.71. The highest BCUT2D eigenvalue weighted by molar-refractivity contribution is 5.20. The van der Waals surface area contributed by atoms with Crippen LogP contribution in [0.1, 0.15) is 24.1 Å². The Morgan fingerprint density at radius 1 is 1.24 bits per heavy atom. The summed E-state index contributed by atoms with van der Waals surface area (Å²) in [5, 5.41) is 3.38. The summed E-state index contributed by atoms with van der Waals surface area (Å²) in [5.74, 6) is -0.139. The predicted octanol–water partition coefficient (Wildman–Crippen LogP) is 3.00. The third-order valence-corrected chi connectivity index (χ3v) is 3.71. The van der Waals surface area contributed by atoms with E-state index in [1.54, 1.807) is 12.3 Å². The molecule has 2 aromatic rings. The largest absolute Gasteiger partial charge is 0.311 e. The van der Waals surface area contributed by atoms with Gasteiger partial charge in [-0.1, -0.05) is 24.3 Å². The van der Waals surface area contributed by atoms with Gasteiger partial charge in [0.2, 0.25) is 0 Å². The summed E-state index contributed by atoms with van der Waals surface area (Å²) in [6, 6.07) is 11.0. The van der Waals surface area contributed by atoms with E-state index in [4.69, 9.17) is 0 Å². The summed E-state index contributed by atoms with van der Waals surface area (Å²) in [5.41, 5.74) is 1.91. The van der Waals surface area contributed by atoms with Gasteiger partial charge in [0.25, 0.3) is 0 Å². The molecule has 0 spiro atoms. The summed E-state index contributed by atoms with van der Waals surface area (Å²) in [7, 11) is 2.02. The SMILES string of the molecule is CC(c1ccccc1F)N(C)CCNCc1cccnc1. The van der Waals surface area contributed by atoms with Crippen molar-refractivity contribution in [1.29, 1.82) is 0 Å². The maximum atomic E-state index is 13.8. The number of nitrogens with zero attached hydrogens (tertiary/aromatic N) is 2. The number of likely N-dealkylation sites (N-methyl/N-ethyl adjacent to an activating group) is 1. The van der Waals surface area contributed by atoms with E-state index in [9.17, 15) is 4.39 Å². The Morgan fingerprint density at radius 2 is 2.05 bits per heavy atom. The number of nitrogens with one attached hydrogen (secondary N) is 1. The van der Waals surface area contributed by atoms with Gasteiger partial charge in [0.1, 0.15) is 5.82 Å². The summed E-state index contributed by atoms with van der Waals surface area (Å²) >= 11 is 0.